The van der Waals surface area contributed by atoms with Crippen molar-refractivity contribution in [3.05, 3.63) is 0 Å². The van der Waals surface area contributed by atoms with Crippen LogP contribution in [0.2, 0.25) is 0 Å². The van der Waals surface area contributed by atoms with Gasteiger partial charge in [-0.1, -0.05) is 53.4 Å². The second kappa shape index (κ2) is 8.28. The summed E-state index contributed by atoms with van der Waals surface area (Å²) < 4.78 is 0. The van der Waals surface area contributed by atoms with Crippen LogP contribution in [0.4, 0.5) is 0 Å². The van der Waals surface area contributed by atoms with Gasteiger partial charge in [-0.3, -0.25) is 0 Å². The summed E-state index contributed by atoms with van der Waals surface area (Å²) in [7, 11) is 2.10. The highest BCUT2D eigenvalue weighted by atomic mass is 14.9. The monoisotopic (exact) mass is 199 g/mol. The zero-order valence-corrected chi connectivity index (χ0v) is 10.8. The van der Waals surface area contributed by atoms with Gasteiger partial charge in [-0.05, 0) is 25.3 Å². The summed E-state index contributed by atoms with van der Waals surface area (Å²) >= 11 is 0. The minimum absolute atomic E-state index is 0.715. The van der Waals surface area contributed by atoms with Crippen molar-refractivity contribution in [1.29, 1.82) is 0 Å². The molecule has 0 amide bonds. The molecule has 1 heteroatoms. The summed E-state index contributed by atoms with van der Waals surface area (Å²) in [4.78, 5) is 0. The van der Waals surface area contributed by atoms with Crippen LogP contribution in [0.5, 0.6) is 0 Å². The van der Waals surface area contributed by atoms with Crippen LogP contribution < -0.4 is 5.32 Å². The van der Waals surface area contributed by atoms with Crippen molar-refractivity contribution in [3.8, 4) is 0 Å². The second-order valence-corrected chi connectivity index (χ2v) is 4.50. The Morgan fingerprint density at radius 1 is 1.07 bits per heavy atom. The summed E-state index contributed by atoms with van der Waals surface area (Å²) in [5.74, 6) is 1.73. The average Bonchev–Trinajstić information content (AvgIpc) is 2.22. The van der Waals surface area contributed by atoms with Crippen molar-refractivity contribution in [2.45, 2.75) is 65.8 Å². The van der Waals surface area contributed by atoms with E-state index >= 15 is 0 Å². The lowest BCUT2D eigenvalue weighted by Gasteiger charge is -2.30. The van der Waals surface area contributed by atoms with Crippen molar-refractivity contribution in [2.75, 3.05) is 7.05 Å². The minimum Gasteiger partial charge on any atom is -0.317 e. The van der Waals surface area contributed by atoms with Crippen molar-refractivity contribution >= 4 is 0 Å². The standard InChI is InChI=1S/C13H29N/c1-6-9-10-11(4)12(7-2)13(8-3)14-5/h11-14H,6-10H2,1-5H3. The number of hydrogen-bond donors (Lipinski definition) is 1. The maximum absolute atomic E-state index is 3.46. The molecule has 0 fully saturated rings. The first-order chi connectivity index (χ1) is 6.71. The van der Waals surface area contributed by atoms with E-state index in [2.05, 4.69) is 40.1 Å². The molecule has 0 radical (unpaired) electrons. The SMILES string of the molecule is CCCCC(C)C(CC)C(CC)NC. The Kier molecular flexibility index (Phi) is 8.26. The fourth-order valence-corrected chi connectivity index (χ4v) is 2.54. The van der Waals surface area contributed by atoms with Gasteiger partial charge in [-0.15, -0.1) is 0 Å². The normalized spacial score (nSPS) is 17.8. The van der Waals surface area contributed by atoms with Gasteiger partial charge in [0.1, 0.15) is 0 Å². The van der Waals surface area contributed by atoms with E-state index in [1.165, 1.54) is 32.1 Å². The Bertz CT molecular complexity index is 118. The predicted octanol–water partition coefficient (Wildman–Crippen LogP) is 3.84. The van der Waals surface area contributed by atoms with Crippen LogP contribution in [0.3, 0.4) is 0 Å². The number of nitrogens with one attached hydrogen (secondary N) is 1. The Morgan fingerprint density at radius 2 is 1.71 bits per heavy atom. The van der Waals surface area contributed by atoms with Crippen LogP contribution in [-0.2, 0) is 0 Å². The highest BCUT2D eigenvalue weighted by Gasteiger charge is 2.22. The van der Waals surface area contributed by atoms with Crippen LogP contribution in [0.25, 0.3) is 0 Å². The molecule has 0 aliphatic carbocycles. The first kappa shape index (κ1) is 14.0. The lowest BCUT2D eigenvalue weighted by molar-refractivity contribution is 0.242. The molecule has 0 aliphatic rings. The van der Waals surface area contributed by atoms with Gasteiger partial charge in [0.05, 0.1) is 0 Å². The first-order valence-corrected chi connectivity index (χ1v) is 6.38. The summed E-state index contributed by atoms with van der Waals surface area (Å²) in [5.41, 5.74) is 0. The molecule has 0 bridgehead atoms. The molecule has 0 spiro atoms. The van der Waals surface area contributed by atoms with Crippen LogP contribution in [0.15, 0.2) is 0 Å². The molecule has 14 heavy (non-hydrogen) atoms. The van der Waals surface area contributed by atoms with Crippen LogP contribution in [0.1, 0.15) is 59.8 Å². The molecule has 0 heterocycles. The molecule has 3 unspecified atom stereocenters. The van der Waals surface area contributed by atoms with Gasteiger partial charge in [0.2, 0.25) is 0 Å². The summed E-state index contributed by atoms with van der Waals surface area (Å²) in [6.07, 6.45) is 6.68. The van der Waals surface area contributed by atoms with Crippen LogP contribution in [0, 0.1) is 11.8 Å². The smallest absolute Gasteiger partial charge is 0.00921 e. The van der Waals surface area contributed by atoms with Crippen molar-refractivity contribution in [2.24, 2.45) is 11.8 Å². The molecule has 0 rings (SSSR count). The van der Waals surface area contributed by atoms with Gasteiger partial charge in [-0.25, -0.2) is 0 Å². The van der Waals surface area contributed by atoms with E-state index in [1.54, 1.807) is 0 Å². The topological polar surface area (TPSA) is 12.0 Å². The lowest BCUT2D eigenvalue weighted by atomic mass is 9.81. The number of rotatable bonds is 8. The fourth-order valence-electron chi connectivity index (χ4n) is 2.54. The van der Waals surface area contributed by atoms with Crippen molar-refractivity contribution in [3.63, 3.8) is 0 Å². The van der Waals surface area contributed by atoms with Crippen molar-refractivity contribution < 1.29 is 0 Å². The van der Waals surface area contributed by atoms with Gasteiger partial charge in [0.15, 0.2) is 0 Å². The maximum atomic E-state index is 3.46. The third-order valence-electron chi connectivity index (χ3n) is 3.54. The van der Waals surface area contributed by atoms with Gasteiger partial charge in [0.25, 0.3) is 0 Å². The average molecular weight is 199 g/mol. The van der Waals surface area contributed by atoms with Gasteiger partial charge in [0, 0.05) is 6.04 Å². The van der Waals surface area contributed by atoms with E-state index in [4.69, 9.17) is 0 Å². The molecule has 0 aromatic rings. The highest BCUT2D eigenvalue weighted by molar-refractivity contribution is 4.77. The van der Waals surface area contributed by atoms with E-state index in [9.17, 15) is 0 Å². The zero-order valence-electron chi connectivity index (χ0n) is 10.8. The lowest BCUT2D eigenvalue weighted by Crippen LogP contribution is -2.36. The van der Waals surface area contributed by atoms with Crippen LogP contribution >= 0.6 is 0 Å². The molecule has 1 N–H and O–H groups in total. The largest absolute Gasteiger partial charge is 0.317 e. The molecule has 3 atom stereocenters. The Hall–Kier alpha value is -0.0400. The molecular formula is C13H29N. The van der Waals surface area contributed by atoms with E-state index < -0.39 is 0 Å². The quantitative estimate of drug-likeness (QED) is 0.626. The van der Waals surface area contributed by atoms with Crippen molar-refractivity contribution in [1.82, 2.24) is 5.32 Å². The number of unbranched alkanes of at least 4 members (excludes halogenated alkanes) is 1. The number of hydrogen-bond acceptors (Lipinski definition) is 1. The Morgan fingerprint density at radius 3 is 2.07 bits per heavy atom. The van der Waals surface area contributed by atoms with E-state index in [1.807, 2.05) is 0 Å². The molecule has 86 valence electrons. The van der Waals surface area contributed by atoms with E-state index in [0.29, 0.717) is 6.04 Å². The molecule has 0 aromatic carbocycles. The van der Waals surface area contributed by atoms with Gasteiger partial charge in [-0.2, -0.15) is 0 Å². The minimum atomic E-state index is 0.715. The van der Waals surface area contributed by atoms with Gasteiger partial charge >= 0.3 is 0 Å². The molecular weight excluding hydrogens is 170 g/mol. The zero-order chi connectivity index (χ0) is 11.0. The summed E-state index contributed by atoms with van der Waals surface area (Å²) in [6.45, 7) is 9.32. The van der Waals surface area contributed by atoms with E-state index in [0.717, 1.165) is 11.8 Å². The maximum Gasteiger partial charge on any atom is 0.00921 e. The Balaban J connectivity index is 4.07. The molecule has 1 nitrogen and oxygen atoms in total. The second-order valence-electron chi connectivity index (χ2n) is 4.50. The summed E-state index contributed by atoms with van der Waals surface area (Å²) in [5, 5.41) is 3.46. The third-order valence-corrected chi connectivity index (χ3v) is 3.54. The van der Waals surface area contributed by atoms with Gasteiger partial charge < -0.3 is 5.32 Å². The molecule has 0 aliphatic heterocycles. The van der Waals surface area contributed by atoms with Crippen LogP contribution in [-0.4, -0.2) is 13.1 Å². The molecule has 0 saturated heterocycles. The first-order valence-electron chi connectivity index (χ1n) is 6.38. The summed E-state index contributed by atoms with van der Waals surface area (Å²) in [6, 6.07) is 0.715. The molecule has 0 saturated carbocycles. The highest BCUT2D eigenvalue weighted by Crippen LogP contribution is 2.25. The third kappa shape index (κ3) is 4.45. The fraction of sp³-hybridized carbons (Fsp3) is 1.00. The Labute approximate surface area is 90.7 Å². The molecule has 0 aromatic heterocycles. The van der Waals surface area contributed by atoms with E-state index in [-0.39, 0.29) is 0 Å². The predicted molar refractivity (Wildman–Crippen MR) is 65.6 cm³/mol.